The first-order chi connectivity index (χ1) is 9.46. The van der Waals surface area contributed by atoms with Gasteiger partial charge in [-0.15, -0.1) is 0 Å². The van der Waals surface area contributed by atoms with Gasteiger partial charge in [0.15, 0.2) is 0 Å². The molecule has 3 rings (SSSR count). The Balaban J connectivity index is 2.34. The zero-order valence-corrected chi connectivity index (χ0v) is 12.6. The summed E-state index contributed by atoms with van der Waals surface area (Å²) in [5, 5.41) is 2.64. The Hall–Kier alpha value is -2.02. The second-order valence-electron chi connectivity index (χ2n) is 6.59. The fourth-order valence-corrected chi connectivity index (χ4v) is 2.96. The molecule has 3 aromatic rings. The van der Waals surface area contributed by atoms with E-state index in [1.807, 2.05) is 0 Å². The topological polar surface area (TPSA) is 15.8 Å². The molecule has 0 fully saturated rings. The van der Waals surface area contributed by atoms with Crippen LogP contribution in [0.25, 0.3) is 27.4 Å². The number of rotatable bonds is 1. The van der Waals surface area contributed by atoms with Crippen LogP contribution in [0.1, 0.15) is 33.3 Å². The first-order valence-corrected chi connectivity index (χ1v) is 7.15. The van der Waals surface area contributed by atoms with E-state index in [4.69, 9.17) is 0 Å². The maximum atomic E-state index is 3.51. The van der Waals surface area contributed by atoms with Gasteiger partial charge in [0.2, 0.25) is 0 Å². The molecular formula is C19H21N. The average Bonchev–Trinajstić information content (AvgIpc) is 2.74. The van der Waals surface area contributed by atoms with Gasteiger partial charge < -0.3 is 4.98 Å². The number of nitrogens with one attached hydrogen (secondary N) is 1. The maximum Gasteiger partial charge on any atom is 0.0471 e. The van der Waals surface area contributed by atoms with E-state index in [1.54, 1.807) is 0 Å². The van der Waals surface area contributed by atoms with Crippen LogP contribution >= 0.6 is 0 Å². The van der Waals surface area contributed by atoms with Gasteiger partial charge >= 0.3 is 0 Å². The minimum atomic E-state index is 0.193. The normalized spacial score (nSPS) is 13.3. The van der Waals surface area contributed by atoms with Crippen LogP contribution in [0.3, 0.4) is 0 Å². The third kappa shape index (κ3) is 2.24. The van der Waals surface area contributed by atoms with Crippen LogP contribution in [0.4, 0.5) is 0 Å². The van der Waals surface area contributed by atoms with Gasteiger partial charge in [0.05, 0.1) is 0 Å². The first kappa shape index (κ1) is 13.0. The molecule has 0 atom stereocenters. The zero-order valence-electron chi connectivity index (χ0n) is 12.6. The Kier molecular flexibility index (Phi) is 2.93. The van der Waals surface area contributed by atoms with Crippen molar-refractivity contribution in [1.29, 1.82) is 0 Å². The van der Waals surface area contributed by atoms with Gasteiger partial charge in [0.25, 0.3) is 0 Å². The van der Waals surface area contributed by atoms with Crippen LogP contribution in [0.5, 0.6) is 0 Å². The second kappa shape index (κ2) is 4.52. The van der Waals surface area contributed by atoms with Gasteiger partial charge in [-0.2, -0.15) is 0 Å². The molecule has 0 radical (unpaired) electrons. The maximum absolute atomic E-state index is 3.51. The summed E-state index contributed by atoms with van der Waals surface area (Å²) in [6, 6.07) is 15.0. The summed E-state index contributed by atoms with van der Waals surface area (Å²) in [6.45, 7) is 8.94. The highest BCUT2D eigenvalue weighted by Crippen LogP contribution is 2.33. The first-order valence-electron chi connectivity index (χ1n) is 7.15. The van der Waals surface area contributed by atoms with E-state index >= 15 is 0 Å². The number of H-pyrrole nitrogens is 1. The minimum absolute atomic E-state index is 0.193. The van der Waals surface area contributed by atoms with Crippen molar-refractivity contribution in [1.82, 2.24) is 4.98 Å². The lowest BCUT2D eigenvalue weighted by molar-refractivity contribution is 0.545. The molecule has 102 valence electrons. The summed E-state index contributed by atoms with van der Waals surface area (Å²) in [5.74, 6) is 0. The molecule has 0 unspecified atom stereocenters. The number of hydrogen-bond acceptors (Lipinski definition) is 0. The van der Waals surface area contributed by atoms with Crippen molar-refractivity contribution in [3.8, 4) is 0 Å². The van der Waals surface area contributed by atoms with E-state index in [2.05, 4.69) is 81.2 Å². The molecule has 20 heavy (non-hydrogen) atoms. The molecule has 0 spiro atoms. The Morgan fingerprint density at radius 3 is 2.40 bits per heavy atom. The Bertz CT molecular complexity index is 797. The van der Waals surface area contributed by atoms with E-state index in [0.29, 0.717) is 0 Å². The van der Waals surface area contributed by atoms with E-state index in [-0.39, 0.29) is 5.41 Å². The number of aromatic nitrogens is 1. The van der Waals surface area contributed by atoms with Gasteiger partial charge in [0.1, 0.15) is 0 Å². The SMILES string of the molecule is C/C(=C\C(C)(C)C)c1cccc2[nH]c3ccccc3c12. The molecule has 1 nitrogen and oxygen atoms in total. The molecule has 0 aliphatic heterocycles. The summed E-state index contributed by atoms with van der Waals surface area (Å²) in [5.41, 5.74) is 5.28. The predicted octanol–water partition coefficient (Wildman–Crippen LogP) is 5.77. The molecule has 0 saturated carbocycles. The molecular weight excluding hydrogens is 242 g/mol. The lowest BCUT2D eigenvalue weighted by Crippen LogP contribution is -2.00. The van der Waals surface area contributed by atoms with E-state index in [1.165, 1.54) is 32.9 Å². The van der Waals surface area contributed by atoms with Crippen molar-refractivity contribution >= 4 is 27.4 Å². The Morgan fingerprint density at radius 1 is 0.950 bits per heavy atom. The highest BCUT2D eigenvalue weighted by atomic mass is 14.7. The third-order valence-electron chi connectivity index (χ3n) is 3.60. The molecule has 0 aliphatic rings. The van der Waals surface area contributed by atoms with Crippen molar-refractivity contribution in [2.75, 3.05) is 0 Å². The Labute approximate surface area is 120 Å². The minimum Gasteiger partial charge on any atom is -0.354 e. The third-order valence-corrected chi connectivity index (χ3v) is 3.60. The quantitative estimate of drug-likeness (QED) is 0.573. The van der Waals surface area contributed by atoms with E-state index < -0.39 is 0 Å². The van der Waals surface area contributed by atoms with Gasteiger partial charge in [0, 0.05) is 21.8 Å². The molecule has 1 heteroatoms. The molecule has 0 amide bonds. The summed E-state index contributed by atoms with van der Waals surface area (Å²) < 4.78 is 0. The van der Waals surface area contributed by atoms with Crippen molar-refractivity contribution in [3.05, 3.63) is 54.1 Å². The van der Waals surface area contributed by atoms with Gasteiger partial charge in [-0.25, -0.2) is 0 Å². The molecule has 1 heterocycles. The lowest BCUT2D eigenvalue weighted by atomic mass is 9.90. The number of hydrogen-bond donors (Lipinski definition) is 1. The molecule has 0 saturated heterocycles. The number of aromatic amines is 1. The molecule has 0 aliphatic carbocycles. The predicted molar refractivity (Wildman–Crippen MR) is 88.9 cm³/mol. The molecule has 1 aromatic heterocycles. The number of benzene rings is 2. The van der Waals surface area contributed by atoms with Crippen LogP contribution in [-0.4, -0.2) is 4.98 Å². The van der Waals surface area contributed by atoms with E-state index in [9.17, 15) is 0 Å². The van der Waals surface area contributed by atoms with Gasteiger partial charge in [-0.3, -0.25) is 0 Å². The number of allylic oxidation sites excluding steroid dienone is 2. The van der Waals surface area contributed by atoms with E-state index in [0.717, 1.165) is 0 Å². The molecule has 0 bridgehead atoms. The van der Waals surface area contributed by atoms with Crippen molar-refractivity contribution < 1.29 is 0 Å². The van der Waals surface area contributed by atoms with Crippen LogP contribution in [0.15, 0.2) is 48.5 Å². The summed E-state index contributed by atoms with van der Waals surface area (Å²) in [6.07, 6.45) is 2.35. The molecule has 2 aromatic carbocycles. The lowest BCUT2D eigenvalue weighted by Gasteiger charge is -2.15. The summed E-state index contributed by atoms with van der Waals surface area (Å²) in [4.78, 5) is 3.51. The highest BCUT2D eigenvalue weighted by Gasteiger charge is 2.12. The smallest absolute Gasteiger partial charge is 0.0471 e. The summed E-state index contributed by atoms with van der Waals surface area (Å²) >= 11 is 0. The van der Waals surface area contributed by atoms with Crippen molar-refractivity contribution in [3.63, 3.8) is 0 Å². The fraction of sp³-hybridized carbons (Fsp3) is 0.263. The summed E-state index contributed by atoms with van der Waals surface area (Å²) in [7, 11) is 0. The Morgan fingerprint density at radius 2 is 1.65 bits per heavy atom. The van der Waals surface area contributed by atoms with Gasteiger partial charge in [-0.05, 0) is 35.6 Å². The van der Waals surface area contributed by atoms with Gasteiger partial charge in [-0.1, -0.05) is 57.2 Å². The van der Waals surface area contributed by atoms with Crippen molar-refractivity contribution in [2.24, 2.45) is 5.41 Å². The van der Waals surface area contributed by atoms with Crippen LogP contribution in [-0.2, 0) is 0 Å². The monoisotopic (exact) mass is 263 g/mol. The number of para-hydroxylation sites is 1. The van der Waals surface area contributed by atoms with Crippen LogP contribution in [0, 0.1) is 5.41 Å². The zero-order chi connectivity index (χ0) is 14.3. The largest absolute Gasteiger partial charge is 0.354 e. The average molecular weight is 263 g/mol. The highest BCUT2D eigenvalue weighted by molar-refractivity contribution is 6.11. The van der Waals surface area contributed by atoms with Crippen molar-refractivity contribution in [2.45, 2.75) is 27.7 Å². The van der Waals surface area contributed by atoms with Crippen LogP contribution < -0.4 is 0 Å². The number of fused-ring (bicyclic) bond motifs is 3. The molecule has 1 N–H and O–H groups in total. The fourth-order valence-electron chi connectivity index (χ4n) is 2.96. The second-order valence-corrected chi connectivity index (χ2v) is 6.59. The van der Waals surface area contributed by atoms with Crippen LogP contribution in [0.2, 0.25) is 0 Å². The standard InChI is InChI=1S/C19H21N/c1-13(12-19(2,3)4)14-9-7-11-17-18(14)15-8-5-6-10-16(15)20-17/h5-12,20H,1-4H3/b13-12+.